The molecule has 0 aromatic carbocycles. The van der Waals surface area contributed by atoms with Crippen LogP contribution in [0.15, 0.2) is 0 Å². The van der Waals surface area contributed by atoms with Crippen molar-refractivity contribution in [2.45, 2.75) is 32.6 Å². The fourth-order valence-corrected chi connectivity index (χ4v) is 1.34. The molecule has 0 aliphatic heterocycles. The summed E-state index contributed by atoms with van der Waals surface area (Å²) in [5.41, 5.74) is 0. The van der Waals surface area contributed by atoms with Gasteiger partial charge in [0.1, 0.15) is 0 Å². The Kier molecular flexibility index (Phi) is 27.2. The topological polar surface area (TPSA) is 77.4 Å². The molecule has 0 bridgehead atoms. The Labute approximate surface area is 129 Å². The quantitative estimate of drug-likeness (QED) is 0.443. The second kappa shape index (κ2) is 24.8. The smallest absolute Gasteiger partial charge is 0.0701 e. The summed E-state index contributed by atoms with van der Waals surface area (Å²) in [6.07, 6.45) is 5.21. The SMILES string of the molecule is CCCCCCOC.OCCOCCOCCOCCO. The second-order valence-corrected chi connectivity index (χ2v) is 4.34. The van der Waals surface area contributed by atoms with Crippen LogP contribution in [0.3, 0.4) is 0 Å². The molecule has 6 nitrogen and oxygen atoms in total. The highest BCUT2D eigenvalue weighted by Crippen LogP contribution is 1.97. The summed E-state index contributed by atoms with van der Waals surface area (Å²) in [4.78, 5) is 0. The largest absolute Gasteiger partial charge is 0.394 e. The molecule has 0 heterocycles. The lowest BCUT2D eigenvalue weighted by Gasteiger charge is -2.04. The van der Waals surface area contributed by atoms with Crippen LogP contribution in [0.1, 0.15) is 32.6 Å². The Morgan fingerprint density at radius 2 is 1.10 bits per heavy atom. The first-order valence-electron chi connectivity index (χ1n) is 7.77. The average molecular weight is 310 g/mol. The van der Waals surface area contributed by atoms with E-state index in [0.29, 0.717) is 39.6 Å². The van der Waals surface area contributed by atoms with Crippen LogP contribution in [-0.2, 0) is 18.9 Å². The van der Waals surface area contributed by atoms with Crippen molar-refractivity contribution in [3.63, 3.8) is 0 Å². The van der Waals surface area contributed by atoms with Gasteiger partial charge >= 0.3 is 0 Å². The van der Waals surface area contributed by atoms with Gasteiger partial charge in [-0.1, -0.05) is 26.2 Å². The standard InChI is InChI=1S/C8H18O5.C7H16O/c9-1-3-11-5-7-13-8-6-12-4-2-10;1-3-4-5-6-7-8-2/h9-10H,1-8H2;3-7H2,1-2H3. The highest BCUT2D eigenvalue weighted by molar-refractivity contribution is 4.37. The van der Waals surface area contributed by atoms with E-state index in [2.05, 4.69) is 6.92 Å². The molecule has 6 heteroatoms. The van der Waals surface area contributed by atoms with E-state index in [1.807, 2.05) is 0 Å². The minimum Gasteiger partial charge on any atom is -0.394 e. The molecule has 0 unspecified atom stereocenters. The first-order chi connectivity index (χ1) is 10.3. The summed E-state index contributed by atoms with van der Waals surface area (Å²) >= 11 is 0. The van der Waals surface area contributed by atoms with E-state index in [1.54, 1.807) is 7.11 Å². The summed E-state index contributed by atoms with van der Waals surface area (Å²) in [6.45, 7) is 5.91. The summed E-state index contributed by atoms with van der Waals surface area (Å²) in [7, 11) is 1.76. The van der Waals surface area contributed by atoms with Crippen molar-refractivity contribution in [3.05, 3.63) is 0 Å². The van der Waals surface area contributed by atoms with Gasteiger partial charge in [0.05, 0.1) is 52.9 Å². The van der Waals surface area contributed by atoms with Gasteiger partial charge in [0.2, 0.25) is 0 Å². The Morgan fingerprint density at radius 3 is 1.48 bits per heavy atom. The number of aliphatic hydroxyl groups is 2. The van der Waals surface area contributed by atoms with Crippen LogP contribution in [0.25, 0.3) is 0 Å². The number of rotatable bonds is 15. The molecular weight excluding hydrogens is 276 g/mol. The molecule has 0 aromatic heterocycles. The summed E-state index contributed by atoms with van der Waals surface area (Å²) in [5.74, 6) is 0. The predicted molar refractivity (Wildman–Crippen MR) is 82.6 cm³/mol. The molecule has 130 valence electrons. The Hall–Kier alpha value is -0.240. The molecule has 0 saturated heterocycles. The van der Waals surface area contributed by atoms with E-state index in [1.165, 1.54) is 25.7 Å². The Balaban J connectivity index is 0. The van der Waals surface area contributed by atoms with E-state index in [-0.39, 0.29) is 13.2 Å². The zero-order chi connectivity index (χ0) is 16.0. The highest BCUT2D eigenvalue weighted by Gasteiger charge is 1.90. The van der Waals surface area contributed by atoms with E-state index < -0.39 is 0 Å². The number of unbranched alkanes of at least 4 members (excludes halogenated alkanes) is 3. The van der Waals surface area contributed by atoms with Crippen molar-refractivity contribution in [1.29, 1.82) is 0 Å². The molecule has 0 rings (SSSR count). The van der Waals surface area contributed by atoms with Crippen LogP contribution in [0.2, 0.25) is 0 Å². The normalized spacial score (nSPS) is 10.3. The molecule has 0 aliphatic carbocycles. The molecule has 21 heavy (non-hydrogen) atoms. The second-order valence-electron chi connectivity index (χ2n) is 4.34. The van der Waals surface area contributed by atoms with Crippen molar-refractivity contribution in [1.82, 2.24) is 0 Å². The zero-order valence-electron chi connectivity index (χ0n) is 13.7. The van der Waals surface area contributed by atoms with Crippen LogP contribution in [0, 0.1) is 0 Å². The first-order valence-corrected chi connectivity index (χ1v) is 7.77. The minimum absolute atomic E-state index is 0.0413. The number of ether oxygens (including phenoxy) is 4. The lowest BCUT2D eigenvalue weighted by atomic mass is 10.2. The number of methoxy groups -OCH3 is 1. The summed E-state index contributed by atoms with van der Waals surface area (Å²) in [5, 5.41) is 16.7. The molecule has 0 spiro atoms. The third-order valence-corrected chi connectivity index (χ3v) is 2.42. The van der Waals surface area contributed by atoms with Crippen LogP contribution in [0.4, 0.5) is 0 Å². The monoisotopic (exact) mass is 310 g/mol. The molecule has 0 saturated carbocycles. The summed E-state index contributed by atoms with van der Waals surface area (Å²) in [6, 6.07) is 0. The maximum absolute atomic E-state index is 8.36. The van der Waals surface area contributed by atoms with Crippen molar-refractivity contribution >= 4 is 0 Å². The number of hydrogen-bond acceptors (Lipinski definition) is 6. The van der Waals surface area contributed by atoms with Crippen molar-refractivity contribution in [3.8, 4) is 0 Å². The first kappa shape index (κ1) is 23.0. The van der Waals surface area contributed by atoms with Gasteiger partial charge in [-0.3, -0.25) is 0 Å². The number of aliphatic hydroxyl groups excluding tert-OH is 2. The Morgan fingerprint density at radius 1 is 0.619 bits per heavy atom. The van der Waals surface area contributed by atoms with Crippen molar-refractivity contribution in [2.75, 3.05) is 66.6 Å². The lowest BCUT2D eigenvalue weighted by molar-refractivity contribution is 0.00230. The maximum Gasteiger partial charge on any atom is 0.0701 e. The predicted octanol–water partition coefficient (Wildman–Crippen LogP) is 1.23. The average Bonchev–Trinajstić information content (AvgIpc) is 2.51. The van der Waals surface area contributed by atoms with Crippen LogP contribution in [-0.4, -0.2) is 76.8 Å². The zero-order valence-corrected chi connectivity index (χ0v) is 13.7. The number of hydrogen-bond donors (Lipinski definition) is 2. The third kappa shape index (κ3) is 28.6. The molecule has 2 N–H and O–H groups in total. The van der Waals surface area contributed by atoms with Gasteiger partial charge in [-0.05, 0) is 6.42 Å². The molecule has 0 aliphatic rings. The van der Waals surface area contributed by atoms with E-state index in [9.17, 15) is 0 Å². The fourth-order valence-electron chi connectivity index (χ4n) is 1.34. The van der Waals surface area contributed by atoms with Crippen LogP contribution < -0.4 is 0 Å². The van der Waals surface area contributed by atoms with Crippen LogP contribution in [0.5, 0.6) is 0 Å². The van der Waals surface area contributed by atoms with Gasteiger partial charge in [-0.25, -0.2) is 0 Å². The lowest BCUT2D eigenvalue weighted by Crippen LogP contribution is -2.11. The van der Waals surface area contributed by atoms with Gasteiger partial charge in [-0.2, -0.15) is 0 Å². The Bertz CT molecular complexity index is 141. The molecular formula is C15H34O6. The van der Waals surface area contributed by atoms with E-state index in [4.69, 9.17) is 29.2 Å². The molecule has 0 aromatic rings. The molecule has 0 fully saturated rings. The molecule has 0 amide bonds. The van der Waals surface area contributed by atoms with Gasteiger partial charge in [-0.15, -0.1) is 0 Å². The van der Waals surface area contributed by atoms with E-state index in [0.717, 1.165) is 6.61 Å². The summed E-state index contributed by atoms with van der Waals surface area (Å²) < 4.78 is 19.9. The van der Waals surface area contributed by atoms with Gasteiger partial charge in [0.15, 0.2) is 0 Å². The van der Waals surface area contributed by atoms with Crippen LogP contribution >= 0.6 is 0 Å². The molecule has 0 atom stereocenters. The van der Waals surface area contributed by atoms with Gasteiger partial charge < -0.3 is 29.2 Å². The fraction of sp³-hybridized carbons (Fsp3) is 1.00. The highest BCUT2D eigenvalue weighted by atomic mass is 16.5. The van der Waals surface area contributed by atoms with Crippen molar-refractivity contribution < 1.29 is 29.2 Å². The van der Waals surface area contributed by atoms with Gasteiger partial charge in [0, 0.05) is 13.7 Å². The van der Waals surface area contributed by atoms with E-state index >= 15 is 0 Å². The third-order valence-electron chi connectivity index (χ3n) is 2.42. The molecule has 0 radical (unpaired) electrons. The van der Waals surface area contributed by atoms with Gasteiger partial charge in [0.25, 0.3) is 0 Å². The van der Waals surface area contributed by atoms with Crippen molar-refractivity contribution in [2.24, 2.45) is 0 Å². The maximum atomic E-state index is 8.36. The minimum atomic E-state index is 0.0413.